The minimum atomic E-state index is -0.745. The second kappa shape index (κ2) is 6.40. The van der Waals surface area contributed by atoms with E-state index in [-0.39, 0.29) is 23.5 Å². The topological polar surface area (TPSA) is 35.3 Å². The van der Waals surface area contributed by atoms with E-state index in [1.54, 1.807) is 6.07 Å². The van der Waals surface area contributed by atoms with E-state index in [9.17, 15) is 13.2 Å². The van der Waals surface area contributed by atoms with Gasteiger partial charge in [0, 0.05) is 17.2 Å². The highest BCUT2D eigenvalue weighted by Gasteiger charge is 2.41. The van der Waals surface area contributed by atoms with Crippen LogP contribution < -0.4 is 4.74 Å². The van der Waals surface area contributed by atoms with Crippen LogP contribution in [0.25, 0.3) is 11.1 Å². The van der Waals surface area contributed by atoms with Crippen LogP contribution >= 0.6 is 0 Å². The zero-order chi connectivity index (χ0) is 19.3. The Bertz CT molecular complexity index is 1050. The van der Waals surface area contributed by atoms with Gasteiger partial charge in [-0.15, -0.1) is 0 Å². The lowest BCUT2D eigenvalue weighted by atomic mass is 9.79. The molecular weight excluding hydrogens is 367 g/mol. The van der Waals surface area contributed by atoms with Crippen molar-refractivity contribution in [3.8, 4) is 16.9 Å². The number of aromatic nitrogens is 1. The van der Waals surface area contributed by atoms with E-state index < -0.39 is 22.9 Å². The van der Waals surface area contributed by atoms with Crippen molar-refractivity contribution in [2.75, 3.05) is 0 Å². The van der Waals surface area contributed by atoms with Crippen molar-refractivity contribution in [3.05, 3.63) is 71.2 Å². The number of rotatable bonds is 0. The summed E-state index contributed by atoms with van der Waals surface area (Å²) in [6, 6.07) is 6.64. The van der Waals surface area contributed by atoms with Gasteiger partial charge in [0.15, 0.2) is 11.6 Å². The number of oxazole rings is 1. The van der Waals surface area contributed by atoms with Crippen molar-refractivity contribution in [2.45, 2.75) is 44.1 Å². The van der Waals surface area contributed by atoms with Crippen molar-refractivity contribution in [2.24, 2.45) is 0 Å². The molecule has 1 aliphatic carbocycles. The van der Waals surface area contributed by atoms with Crippen LogP contribution in [0.5, 0.6) is 5.75 Å². The molecule has 3 nitrogen and oxygen atoms in total. The summed E-state index contributed by atoms with van der Waals surface area (Å²) in [5, 5.41) is 0. The summed E-state index contributed by atoms with van der Waals surface area (Å²) in [5.74, 6) is -1.51. The summed E-state index contributed by atoms with van der Waals surface area (Å²) in [4.78, 5) is 4.56. The average Bonchev–Trinajstić information content (AvgIpc) is 3.33. The zero-order valence-electron chi connectivity index (χ0n) is 15.1. The molecule has 0 atom stereocenters. The Hall–Kier alpha value is -2.76. The SMILES string of the molecule is Fc1cc(F)c2cc1CC1(CCCC1)c1nc(co1)COc1c(F)cccc1-2. The Kier molecular flexibility index (Phi) is 3.96. The van der Waals surface area contributed by atoms with E-state index in [2.05, 4.69) is 4.98 Å². The summed E-state index contributed by atoms with van der Waals surface area (Å²) in [7, 11) is 0. The fourth-order valence-corrected chi connectivity index (χ4v) is 4.45. The molecule has 0 radical (unpaired) electrons. The van der Waals surface area contributed by atoms with Gasteiger partial charge in [-0.2, -0.15) is 0 Å². The van der Waals surface area contributed by atoms with Gasteiger partial charge in [0.05, 0.1) is 5.41 Å². The third kappa shape index (κ3) is 2.70. The normalized spacial score (nSPS) is 17.5. The smallest absolute Gasteiger partial charge is 0.200 e. The highest BCUT2D eigenvalue weighted by Crippen LogP contribution is 2.45. The number of ether oxygens (including phenoxy) is 1. The lowest BCUT2D eigenvalue weighted by molar-refractivity contribution is 0.286. The Morgan fingerprint density at radius 1 is 0.929 bits per heavy atom. The monoisotopic (exact) mass is 385 g/mol. The standard InChI is InChI=1S/C22H18F3NO2/c23-17-5-3-4-15-16-8-13(18(24)9-19(16)25)10-22(6-1-2-7-22)21-26-14(12-28-21)11-27-20(15)17/h3-5,8-9,12H,1-2,6-7,10-11H2. The molecule has 1 aromatic heterocycles. The molecule has 1 spiro atoms. The predicted octanol–water partition coefficient (Wildman–Crippen LogP) is 5.71. The molecule has 2 heterocycles. The Labute approximate surface area is 160 Å². The molecule has 28 heavy (non-hydrogen) atoms. The van der Waals surface area contributed by atoms with Gasteiger partial charge in [-0.25, -0.2) is 18.2 Å². The molecule has 1 saturated carbocycles. The predicted molar refractivity (Wildman–Crippen MR) is 96.4 cm³/mol. The van der Waals surface area contributed by atoms with Gasteiger partial charge in [-0.05, 0) is 37.0 Å². The number of fused-ring (bicyclic) bond motifs is 7. The molecule has 1 fully saturated rings. The van der Waals surface area contributed by atoms with Crippen LogP contribution in [-0.2, 0) is 18.4 Å². The van der Waals surface area contributed by atoms with Crippen LogP contribution in [0.4, 0.5) is 13.2 Å². The maximum absolute atomic E-state index is 14.7. The van der Waals surface area contributed by atoms with Crippen LogP contribution in [0.2, 0.25) is 0 Å². The van der Waals surface area contributed by atoms with E-state index >= 15 is 0 Å². The number of hydrogen-bond donors (Lipinski definition) is 0. The van der Waals surface area contributed by atoms with Crippen molar-refractivity contribution in [1.82, 2.24) is 4.98 Å². The molecule has 2 aromatic carbocycles. The van der Waals surface area contributed by atoms with E-state index in [0.717, 1.165) is 31.7 Å². The number of hydrogen-bond acceptors (Lipinski definition) is 3. The van der Waals surface area contributed by atoms with Crippen LogP contribution in [0.15, 0.2) is 41.0 Å². The molecule has 0 saturated heterocycles. The van der Waals surface area contributed by atoms with Crippen molar-refractivity contribution >= 4 is 0 Å². The molecule has 0 N–H and O–H groups in total. The highest BCUT2D eigenvalue weighted by molar-refractivity contribution is 5.72. The first-order valence-electron chi connectivity index (χ1n) is 9.40. The minimum Gasteiger partial charge on any atom is -0.483 e. The Balaban J connectivity index is 1.75. The van der Waals surface area contributed by atoms with Gasteiger partial charge in [0.1, 0.15) is 30.2 Å². The molecule has 4 bridgehead atoms. The number of nitrogens with zero attached hydrogens (tertiary/aromatic N) is 1. The maximum Gasteiger partial charge on any atom is 0.200 e. The van der Waals surface area contributed by atoms with Gasteiger partial charge in [0.2, 0.25) is 5.89 Å². The molecule has 3 aromatic rings. The fourth-order valence-electron chi connectivity index (χ4n) is 4.45. The molecular formula is C22H18F3NO2. The molecule has 144 valence electrons. The molecule has 6 heteroatoms. The summed E-state index contributed by atoms with van der Waals surface area (Å²) in [5.41, 5.74) is 0.861. The van der Waals surface area contributed by atoms with Gasteiger partial charge >= 0.3 is 0 Å². The van der Waals surface area contributed by atoms with Crippen LogP contribution in [-0.4, -0.2) is 4.98 Å². The number of halogens is 3. The summed E-state index contributed by atoms with van der Waals surface area (Å²) >= 11 is 0. The Morgan fingerprint density at radius 2 is 1.75 bits per heavy atom. The van der Waals surface area contributed by atoms with Crippen LogP contribution in [0.3, 0.4) is 0 Å². The molecule has 2 aliphatic rings. The first-order valence-corrected chi connectivity index (χ1v) is 9.40. The average molecular weight is 385 g/mol. The second-order valence-electron chi connectivity index (χ2n) is 7.64. The van der Waals surface area contributed by atoms with Gasteiger partial charge in [-0.3, -0.25) is 0 Å². The first-order chi connectivity index (χ1) is 13.6. The van der Waals surface area contributed by atoms with E-state index in [1.165, 1.54) is 24.5 Å². The van der Waals surface area contributed by atoms with Crippen LogP contribution in [0.1, 0.15) is 42.8 Å². The van der Waals surface area contributed by atoms with E-state index in [0.29, 0.717) is 23.6 Å². The van der Waals surface area contributed by atoms with Crippen molar-refractivity contribution in [3.63, 3.8) is 0 Å². The Morgan fingerprint density at radius 3 is 2.57 bits per heavy atom. The summed E-state index contributed by atoms with van der Waals surface area (Å²) in [6.45, 7) is 0.00316. The maximum atomic E-state index is 14.7. The first kappa shape index (κ1) is 17.3. The lowest BCUT2D eigenvalue weighted by Gasteiger charge is -2.26. The summed E-state index contributed by atoms with van der Waals surface area (Å²) < 4.78 is 55.2. The van der Waals surface area contributed by atoms with Crippen LogP contribution in [0, 0.1) is 17.5 Å². The van der Waals surface area contributed by atoms with Gasteiger partial charge < -0.3 is 9.15 Å². The van der Waals surface area contributed by atoms with Gasteiger partial charge in [0.25, 0.3) is 0 Å². The summed E-state index contributed by atoms with van der Waals surface area (Å²) in [6.07, 6.45) is 5.50. The quantitative estimate of drug-likeness (QED) is 0.498. The van der Waals surface area contributed by atoms with Crippen molar-refractivity contribution in [1.29, 1.82) is 0 Å². The number of benzene rings is 2. The lowest BCUT2D eigenvalue weighted by Crippen LogP contribution is -2.26. The highest BCUT2D eigenvalue weighted by atomic mass is 19.1. The molecule has 0 unspecified atom stereocenters. The second-order valence-corrected chi connectivity index (χ2v) is 7.64. The molecule has 0 amide bonds. The third-order valence-corrected chi connectivity index (χ3v) is 5.85. The van der Waals surface area contributed by atoms with E-state index in [1.807, 2.05) is 0 Å². The van der Waals surface area contributed by atoms with Crippen molar-refractivity contribution < 1.29 is 22.3 Å². The largest absolute Gasteiger partial charge is 0.483 e. The van der Waals surface area contributed by atoms with E-state index in [4.69, 9.17) is 9.15 Å². The molecule has 1 aliphatic heterocycles. The van der Waals surface area contributed by atoms with Gasteiger partial charge in [-0.1, -0.05) is 25.0 Å². The minimum absolute atomic E-state index is 0.00316. The third-order valence-electron chi connectivity index (χ3n) is 5.85. The zero-order valence-corrected chi connectivity index (χ0v) is 15.1. The number of para-hydroxylation sites is 1. The molecule has 5 rings (SSSR count). The fraction of sp³-hybridized carbons (Fsp3) is 0.318.